The number of carbonyl (C=O) groups is 1. The Labute approximate surface area is 133 Å². The molecule has 2 N–H and O–H groups in total. The van der Waals surface area contributed by atoms with Crippen molar-refractivity contribution in [1.29, 1.82) is 0 Å². The molecule has 7 heteroatoms. The highest BCUT2D eigenvalue weighted by Crippen LogP contribution is 2.23. The molecule has 23 heavy (non-hydrogen) atoms. The van der Waals surface area contributed by atoms with Crippen LogP contribution in [0.3, 0.4) is 0 Å². The molecular weight excluding hydrogens is 299 g/mol. The molecule has 0 bridgehead atoms. The number of anilines is 2. The Balaban J connectivity index is 1.63. The summed E-state index contributed by atoms with van der Waals surface area (Å²) in [4.78, 5) is 21.4. The second kappa shape index (κ2) is 6.60. The van der Waals surface area contributed by atoms with E-state index in [0.29, 0.717) is 5.95 Å². The summed E-state index contributed by atoms with van der Waals surface area (Å²) in [5.41, 5.74) is 0.443. The third-order valence-electron chi connectivity index (χ3n) is 3.94. The summed E-state index contributed by atoms with van der Waals surface area (Å²) in [6, 6.07) is 6.26. The quantitative estimate of drug-likeness (QED) is 0.902. The van der Waals surface area contributed by atoms with Gasteiger partial charge in [0.2, 0.25) is 5.95 Å². The van der Waals surface area contributed by atoms with Crippen molar-refractivity contribution in [3.05, 3.63) is 48.0 Å². The summed E-state index contributed by atoms with van der Waals surface area (Å²) < 4.78 is 13.5. The van der Waals surface area contributed by atoms with E-state index in [1.54, 1.807) is 24.5 Å². The van der Waals surface area contributed by atoms with Crippen LogP contribution in [0.25, 0.3) is 0 Å². The summed E-state index contributed by atoms with van der Waals surface area (Å²) in [6.07, 6.45) is 5.13. The molecule has 3 rings (SSSR count). The Morgan fingerprint density at radius 2 is 1.96 bits per heavy atom. The monoisotopic (exact) mass is 316 g/mol. The van der Waals surface area contributed by atoms with Gasteiger partial charge in [-0.1, -0.05) is 0 Å². The van der Waals surface area contributed by atoms with Crippen molar-refractivity contribution in [2.45, 2.75) is 18.9 Å². The number of nitrogens with zero attached hydrogens (tertiary/aromatic N) is 3. The largest absolute Gasteiger partial charge is 0.478 e. The summed E-state index contributed by atoms with van der Waals surface area (Å²) in [6.45, 7) is 1.52. The number of aromatic carboxylic acids is 1. The Kier molecular flexibility index (Phi) is 4.36. The normalized spacial score (nSPS) is 15.4. The number of hydrogen-bond acceptors (Lipinski definition) is 5. The van der Waals surface area contributed by atoms with Crippen LogP contribution < -0.4 is 10.2 Å². The van der Waals surface area contributed by atoms with E-state index < -0.39 is 11.8 Å². The van der Waals surface area contributed by atoms with Gasteiger partial charge in [-0.25, -0.2) is 19.2 Å². The lowest BCUT2D eigenvalue weighted by molar-refractivity contribution is 0.0692. The van der Waals surface area contributed by atoms with E-state index in [1.165, 1.54) is 12.1 Å². The van der Waals surface area contributed by atoms with Crippen LogP contribution in [0.2, 0.25) is 0 Å². The van der Waals surface area contributed by atoms with Crippen molar-refractivity contribution in [1.82, 2.24) is 9.97 Å². The molecule has 0 atom stereocenters. The first-order chi connectivity index (χ1) is 11.1. The average Bonchev–Trinajstić information content (AvgIpc) is 2.57. The Hall–Kier alpha value is -2.70. The molecule has 0 aliphatic carbocycles. The standard InChI is InChI=1S/C16H17FN4O2/c17-14-3-2-12(10-13(14)15(22)23)21-8-4-11(5-9-21)20-16-18-6-1-7-19-16/h1-3,6-7,10-11H,4-5,8-9H2,(H,22,23)(H,18,19,20). The van der Waals surface area contributed by atoms with Crippen LogP contribution in [-0.2, 0) is 0 Å². The number of carboxylic acids is 1. The fourth-order valence-corrected chi connectivity index (χ4v) is 2.71. The molecule has 0 unspecified atom stereocenters. The zero-order valence-electron chi connectivity index (χ0n) is 12.4. The minimum absolute atomic E-state index is 0.271. The summed E-state index contributed by atoms with van der Waals surface area (Å²) in [5.74, 6) is -1.35. The van der Waals surface area contributed by atoms with Crippen LogP contribution in [0.15, 0.2) is 36.7 Å². The van der Waals surface area contributed by atoms with E-state index in [-0.39, 0.29) is 11.6 Å². The fourth-order valence-electron chi connectivity index (χ4n) is 2.71. The van der Waals surface area contributed by atoms with Gasteiger partial charge in [0.1, 0.15) is 5.82 Å². The predicted molar refractivity (Wildman–Crippen MR) is 84.2 cm³/mol. The number of hydrogen-bond donors (Lipinski definition) is 2. The van der Waals surface area contributed by atoms with Crippen molar-refractivity contribution in [2.24, 2.45) is 0 Å². The van der Waals surface area contributed by atoms with E-state index in [2.05, 4.69) is 20.2 Å². The number of piperidine rings is 1. The minimum Gasteiger partial charge on any atom is -0.478 e. The molecule has 2 heterocycles. The predicted octanol–water partition coefficient (Wildman–Crippen LogP) is 2.39. The molecule has 0 amide bonds. The van der Waals surface area contributed by atoms with Gasteiger partial charge in [0, 0.05) is 37.2 Å². The second-order valence-corrected chi connectivity index (χ2v) is 5.45. The van der Waals surface area contributed by atoms with Crippen molar-refractivity contribution in [3.63, 3.8) is 0 Å². The zero-order valence-corrected chi connectivity index (χ0v) is 12.4. The number of benzene rings is 1. The number of rotatable bonds is 4. The van der Waals surface area contributed by atoms with E-state index in [0.717, 1.165) is 31.6 Å². The van der Waals surface area contributed by atoms with Gasteiger partial charge in [-0.05, 0) is 37.1 Å². The van der Waals surface area contributed by atoms with E-state index in [9.17, 15) is 9.18 Å². The average molecular weight is 316 g/mol. The van der Waals surface area contributed by atoms with Crippen LogP contribution in [0.1, 0.15) is 23.2 Å². The highest BCUT2D eigenvalue weighted by Gasteiger charge is 2.21. The van der Waals surface area contributed by atoms with Crippen molar-refractivity contribution in [2.75, 3.05) is 23.3 Å². The SMILES string of the molecule is O=C(O)c1cc(N2CCC(Nc3ncccn3)CC2)ccc1F. The molecular formula is C16H17FN4O2. The van der Waals surface area contributed by atoms with E-state index >= 15 is 0 Å². The van der Waals surface area contributed by atoms with Crippen LogP contribution in [-0.4, -0.2) is 40.2 Å². The van der Waals surface area contributed by atoms with Gasteiger partial charge in [-0.2, -0.15) is 0 Å². The highest BCUT2D eigenvalue weighted by atomic mass is 19.1. The van der Waals surface area contributed by atoms with Gasteiger partial charge >= 0.3 is 5.97 Å². The molecule has 1 aromatic heterocycles. The van der Waals surface area contributed by atoms with Crippen LogP contribution >= 0.6 is 0 Å². The Bertz CT molecular complexity index is 688. The maximum absolute atomic E-state index is 13.5. The molecule has 0 saturated carbocycles. The van der Waals surface area contributed by atoms with E-state index in [1.807, 2.05) is 0 Å². The lowest BCUT2D eigenvalue weighted by Crippen LogP contribution is -2.39. The lowest BCUT2D eigenvalue weighted by Gasteiger charge is -2.34. The first kappa shape index (κ1) is 15.2. The summed E-state index contributed by atoms with van der Waals surface area (Å²) in [5, 5.41) is 12.3. The maximum atomic E-state index is 13.5. The highest BCUT2D eigenvalue weighted by molar-refractivity contribution is 5.89. The second-order valence-electron chi connectivity index (χ2n) is 5.45. The molecule has 1 aromatic carbocycles. The molecule has 6 nitrogen and oxygen atoms in total. The van der Waals surface area contributed by atoms with Gasteiger partial charge in [-0.3, -0.25) is 0 Å². The zero-order chi connectivity index (χ0) is 16.2. The van der Waals surface area contributed by atoms with Crippen molar-refractivity contribution in [3.8, 4) is 0 Å². The molecule has 1 saturated heterocycles. The van der Waals surface area contributed by atoms with Gasteiger partial charge in [0.15, 0.2) is 0 Å². The number of halogens is 1. The van der Waals surface area contributed by atoms with Crippen LogP contribution in [0.5, 0.6) is 0 Å². The fraction of sp³-hybridized carbons (Fsp3) is 0.312. The third kappa shape index (κ3) is 3.56. The smallest absolute Gasteiger partial charge is 0.338 e. The van der Waals surface area contributed by atoms with Crippen LogP contribution in [0, 0.1) is 5.82 Å². The number of nitrogens with one attached hydrogen (secondary N) is 1. The summed E-state index contributed by atoms with van der Waals surface area (Å²) in [7, 11) is 0. The third-order valence-corrected chi connectivity index (χ3v) is 3.94. The van der Waals surface area contributed by atoms with Crippen LogP contribution in [0.4, 0.5) is 16.0 Å². The molecule has 1 aliphatic rings. The van der Waals surface area contributed by atoms with Gasteiger partial charge in [-0.15, -0.1) is 0 Å². The topological polar surface area (TPSA) is 78.4 Å². The molecule has 2 aromatic rings. The summed E-state index contributed by atoms with van der Waals surface area (Å²) >= 11 is 0. The maximum Gasteiger partial charge on any atom is 0.338 e. The lowest BCUT2D eigenvalue weighted by atomic mass is 10.0. The molecule has 120 valence electrons. The molecule has 0 radical (unpaired) electrons. The van der Waals surface area contributed by atoms with Gasteiger partial charge in [0.25, 0.3) is 0 Å². The number of aromatic nitrogens is 2. The Morgan fingerprint density at radius 1 is 1.26 bits per heavy atom. The van der Waals surface area contributed by atoms with Gasteiger partial charge in [0.05, 0.1) is 5.56 Å². The van der Waals surface area contributed by atoms with E-state index in [4.69, 9.17) is 5.11 Å². The van der Waals surface area contributed by atoms with Gasteiger partial charge < -0.3 is 15.3 Å². The molecule has 1 fully saturated rings. The molecule has 1 aliphatic heterocycles. The van der Waals surface area contributed by atoms with Crippen molar-refractivity contribution >= 4 is 17.6 Å². The minimum atomic E-state index is -1.25. The van der Waals surface area contributed by atoms with Crippen molar-refractivity contribution < 1.29 is 14.3 Å². The Morgan fingerprint density at radius 3 is 2.61 bits per heavy atom. The first-order valence-corrected chi connectivity index (χ1v) is 7.45. The molecule has 0 spiro atoms. The first-order valence-electron chi connectivity index (χ1n) is 7.45. The number of carboxylic acid groups (broad SMARTS) is 1.